The molecule has 1 saturated heterocycles. The quantitative estimate of drug-likeness (QED) is 0.784. The second kappa shape index (κ2) is 7.85. The Labute approximate surface area is 176 Å². The topological polar surface area (TPSA) is 95.6 Å². The molecule has 158 valence electrons. The number of amides is 2. The van der Waals surface area contributed by atoms with Crippen LogP contribution in [-0.2, 0) is 16.6 Å². The number of nitrogens with zero attached hydrogens (tertiary/aromatic N) is 1. The van der Waals surface area contributed by atoms with Crippen LogP contribution >= 0.6 is 0 Å². The Hall–Kier alpha value is -2.71. The number of carbonyl (C=O) groups is 2. The van der Waals surface area contributed by atoms with Crippen LogP contribution in [0, 0.1) is 11.8 Å². The molecule has 2 aromatic carbocycles. The van der Waals surface area contributed by atoms with Crippen molar-refractivity contribution in [2.45, 2.75) is 31.7 Å². The minimum atomic E-state index is -3.58. The summed E-state index contributed by atoms with van der Waals surface area (Å²) < 4.78 is 27.5. The van der Waals surface area contributed by atoms with Gasteiger partial charge < -0.3 is 10.6 Å². The SMILES string of the molecule is CC1CC(C)CN(S(=O)(=O)c2ccc(C(=O)Nc3ccc4c(c3)C(=O)NC4)cc2)C1. The molecule has 2 atom stereocenters. The zero-order valence-corrected chi connectivity index (χ0v) is 17.8. The molecule has 4 rings (SSSR count). The van der Waals surface area contributed by atoms with Gasteiger partial charge in [0.1, 0.15) is 0 Å². The van der Waals surface area contributed by atoms with Gasteiger partial charge in [-0.1, -0.05) is 19.9 Å². The van der Waals surface area contributed by atoms with E-state index in [1.807, 2.05) is 0 Å². The number of piperidine rings is 1. The van der Waals surface area contributed by atoms with E-state index in [9.17, 15) is 18.0 Å². The Kier molecular flexibility index (Phi) is 5.38. The van der Waals surface area contributed by atoms with Crippen molar-refractivity contribution < 1.29 is 18.0 Å². The van der Waals surface area contributed by atoms with Crippen LogP contribution in [0.2, 0.25) is 0 Å². The fraction of sp³-hybridized carbons (Fsp3) is 0.364. The van der Waals surface area contributed by atoms with Crippen LogP contribution in [0.3, 0.4) is 0 Å². The standard InChI is InChI=1S/C22H25N3O4S/c1-14-9-15(2)13-25(12-14)30(28,29)19-7-4-16(5-8-19)21(26)24-18-6-3-17-11-23-22(27)20(17)10-18/h3-8,10,14-15H,9,11-13H2,1-2H3,(H,23,27)(H,24,26). The molecule has 2 aliphatic heterocycles. The molecule has 2 unspecified atom stereocenters. The molecule has 30 heavy (non-hydrogen) atoms. The van der Waals surface area contributed by atoms with Crippen molar-refractivity contribution in [2.75, 3.05) is 18.4 Å². The van der Waals surface area contributed by atoms with Crippen molar-refractivity contribution in [1.82, 2.24) is 9.62 Å². The first kappa shape index (κ1) is 20.6. The van der Waals surface area contributed by atoms with Gasteiger partial charge in [-0.3, -0.25) is 9.59 Å². The number of nitrogens with one attached hydrogen (secondary N) is 2. The Morgan fingerprint density at radius 1 is 1.07 bits per heavy atom. The summed E-state index contributed by atoms with van der Waals surface area (Å²) in [4.78, 5) is 24.6. The maximum atomic E-state index is 13.0. The summed E-state index contributed by atoms with van der Waals surface area (Å²) in [5.74, 6) is 0.125. The van der Waals surface area contributed by atoms with Gasteiger partial charge in [0.25, 0.3) is 11.8 Å². The molecule has 8 heteroatoms. The molecule has 0 radical (unpaired) electrons. The van der Waals surface area contributed by atoms with E-state index in [-0.39, 0.29) is 16.7 Å². The average molecular weight is 428 g/mol. The number of anilines is 1. The lowest BCUT2D eigenvalue weighted by molar-refractivity contribution is 0.0964. The van der Waals surface area contributed by atoms with Gasteiger partial charge in [0.15, 0.2) is 0 Å². The van der Waals surface area contributed by atoms with Gasteiger partial charge in [0.05, 0.1) is 4.90 Å². The third-order valence-corrected chi connectivity index (χ3v) is 7.49. The van der Waals surface area contributed by atoms with Crippen LogP contribution in [0.25, 0.3) is 0 Å². The Morgan fingerprint density at radius 3 is 2.40 bits per heavy atom. The summed E-state index contributed by atoms with van der Waals surface area (Å²) in [6, 6.07) is 11.2. The summed E-state index contributed by atoms with van der Waals surface area (Å²) >= 11 is 0. The van der Waals surface area contributed by atoms with Crippen molar-refractivity contribution in [3.8, 4) is 0 Å². The number of carbonyl (C=O) groups excluding carboxylic acids is 2. The first-order chi connectivity index (χ1) is 14.2. The van der Waals surface area contributed by atoms with Crippen molar-refractivity contribution in [1.29, 1.82) is 0 Å². The first-order valence-corrected chi connectivity index (χ1v) is 11.5. The van der Waals surface area contributed by atoms with Crippen molar-refractivity contribution in [3.05, 3.63) is 59.2 Å². The molecule has 2 aromatic rings. The van der Waals surface area contributed by atoms with E-state index >= 15 is 0 Å². The third kappa shape index (κ3) is 3.97. The van der Waals surface area contributed by atoms with Crippen LogP contribution in [0.15, 0.2) is 47.4 Å². The van der Waals surface area contributed by atoms with Crippen LogP contribution in [0.4, 0.5) is 5.69 Å². The van der Waals surface area contributed by atoms with Gasteiger partial charge >= 0.3 is 0 Å². The van der Waals surface area contributed by atoms with Crippen LogP contribution < -0.4 is 10.6 Å². The molecule has 0 spiro atoms. The molecule has 2 aliphatic rings. The highest BCUT2D eigenvalue weighted by Crippen LogP contribution is 2.27. The maximum absolute atomic E-state index is 13.0. The molecule has 0 saturated carbocycles. The van der Waals surface area contributed by atoms with Gasteiger partial charge in [0, 0.05) is 36.4 Å². The van der Waals surface area contributed by atoms with E-state index in [0.717, 1.165) is 12.0 Å². The van der Waals surface area contributed by atoms with E-state index in [1.165, 1.54) is 28.6 Å². The summed E-state index contributed by atoms with van der Waals surface area (Å²) in [5.41, 5.74) is 2.32. The monoisotopic (exact) mass is 427 g/mol. The highest BCUT2D eigenvalue weighted by atomic mass is 32.2. The highest BCUT2D eigenvalue weighted by molar-refractivity contribution is 7.89. The average Bonchev–Trinajstić information content (AvgIpc) is 3.08. The van der Waals surface area contributed by atoms with Crippen LogP contribution in [0.1, 0.15) is 46.5 Å². The third-order valence-electron chi connectivity index (χ3n) is 5.64. The van der Waals surface area contributed by atoms with E-state index in [1.54, 1.807) is 18.2 Å². The lowest BCUT2D eigenvalue weighted by atomic mass is 9.94. The van der Waals surface area contributed by atoms with Crippen molar-refractivity contribution >= 4 is 27.5 Å². The number of fused-ring (bicyclic) bond motifs is 1. The molecule has 1 fully saturated rings. The fourth-order valence-corrected chi connectivity index (χ4v) is 5.90. The molecule has 7 nitrogen and oxygen atoms in total. The summed E-state index contributed by atoms with van der Waals surface area (Å²) in [6.45, 7) is 5.65. The highest BCUT2D eigenvalue weighted by Gasteiger charge is 2.31. The van der Waals surface area contributed by atoms with Crippen molar-refractivity contribution in [2.24, 2.45) is 11.8 Å². The van der Waals surface area contributed by atoms with E-state index in [4.69, 9.17) is 0 Å². The second-order valence-corrected chi connectivity index (χ2v) is 10.2. The number of sulfonamides is 1. The van der Waals surface area contributed by atoms with Gasteiger partial charge in [-0.05, 0) is 60.2 Å². The predicted molar refractivity (Wildman–Crippen MR) is 114 cm³/mol. The Morgan fingerprint density at radius 2 is 1.73 bits per heavy atom. The fourth-order valence-electron chi connectivity index (χ4n) is 4.22. The molecule has 0 bridgehead atoms. The number of rotatable bonds is 4. The first-order valence-electron chi connectivity index (χ1n) is 10.1. The molecular weight excluding hydrogens is 402 g/mol. The van der Waals surface area contributed by atoms with Crippen molar-refractivity contribution in [3.63, 3.8) is 0 Å². The van der Waals surface area contributed by atoms with Gasteiger partial charge in [-0.2, -0.15) is 4.31 Å². The predicted octanol–water partition coefficient (Wildman–Crippen LogP) is 2.85. The largest absolute Gasteiger partial charge is 0.348 e. The minimum absolute atomic E-state index is 0.156. The maximum Gasteiger partial charge on any atom is 0.255 e. The number of hydrogen-bond donors (Lipinski definition) is 2. The van der Waals surface area contributed by atoms with E-state index in [2.05, 4.69) is 24.5 Å². The Bertz CT molecular complexity index is 1090. The van der Waals surface area contributed by atoms with Gasteiger partial charge in [-0.15, -0.1) is 0 Å². The van der Waals surface area contributed by atoms with Gasteiger partial charge in [0.2, 0.25) is 10.0 Å². The number of benzene rings is 2. The molecular formula is C22H25N3O4S. The lowest BCUT2D eigenvalue weighted by Crippen LogP contribution is -2.42. The molecule has 2 heterocycles. The second-order valence-electron chi connectivity index (χ2n) is 8.30. The van der Waals surface area contributed by atoms with Crippen LogP contribution in [-0.4, -0.2) is 37.6 Å². The van der Waals surface area contributed by atoms with E-state index < -0.39 is 10.0 Å². The molecule has 2 N–H and O–H groups in total. The lowest BCUT2D eigenvalue weighted by Gasteiger charge is -2.34. The van der Waals surface area contributed by atoms with Crippen LogP contribution in [0.5, 0.6) is 0 Å². The van der Waals surface area contributed by atoms with Gasteiger partial charge in [-0.25, -0.2) is 8.42 Å². The zero-order chi connectivity index (χ0) is 21.5. The molecule has 2 amide bonds. The minimum Gasteiger partial charge on any atom is -0.348 e. The zero-order valence-electron chi connectivity index (χ0n) is 17.0. The molecule has 0 aliphatic carbocycles. The number of hydrogen-bond acceptors (Lipinski definition) is 4. The molecule has 0 aromatic heterocycles. The van der Waals surface area contributed by atoms with E-state index in [0.29, 0.717) is 48.3 Å². The smallest absolute Gasteiger partial charge is 0.255 e. The summed E-state index contributed by atoms with van der Waals surface area (Å²) in [5, 5.41) is 5.50. The normalized spacial score (nSPS) is 21.7. The summed E-state index contributed by atoms with van der Waals surface area (Å²) in [6.07, 6.45) is 1.02. The summed E-state index contributed by atoms with van der Waals surface area (Å²) in [7, 11) is -3.58. The Balaban J connectivity index is 1.49.